The van der Waals surface area contributed by atoms with Crippen molar-refractivity contribution in [3.63, 3.8) is 0 Å². The SMILES string of the molecule is CCC1CN(C2CC(C(C)(C)C)CCC2C#N)CCO1. The number of morpholine rings is 1. The zero-order valence-electron chi connectivity index (χ0n) is 13.6. The molecule has 0 aromatic heterocycles. The molecule has 0 radical (unpaired) electrons. The van der Waals surface area contributed by atoms with Gasteiger partial charge >= 0.3 is 0 Å². The molecule has 1 saturated carbocycles. The van der Waals surface area contributed by atoms with Crippen LogP contribution in [0.1, 0.15) is 53.4 Å². The van der Waals surface area contributed by atoms with E-state index in [1.54, 1.807) is 0 Å². The van der Waals surface area contributed by atoms with Crippen molar-refractivity contribution in [3.8, 4) is 6.07 Å². The average molecular weight is 278 g/mol. The maximum absolute atomic E-state index is 9.50. The lowest BCUT2D eigenvalue weighted by atomic mass is 9.67. The summed E-state index contributed by atoms with van der Waals surface area (Å²) in [5.74, 6) is 0.948. The average Bonchev–Trinajstić information content (AvgIpc) is 2.45. The van der Waals surface area contributed by atoms with E-state index in [0.717, 1.165) is 38.5 Å². The second-order valence-corrected chi connectivity index (χ2v) is 7.57. The van der Waals surface area contributed by atoms with Crippen molar-refractivity contribution in [2.45, 2.75) is 65.5 Å². The first-order valence-electron chi connectivity index (χ1n) is 8.21. The van der Waals surface area contributed by atoms with Gasteiger partial charge in [-0.25, -0.2) is 0 Å². The van der Waals surface area contributed by atoms with Crippen LogP contribution in [0.5, 0.6) is 0 Å². The molecular weight excluding hydrogens is 248 g/mol. The Hall–Kier alpha value is -0.590. The predicted octanol–water partition coefficient (Wildman–Crippen LogP) is 3.45. The Morgan fingerprint density at radius 3 is 2.65 bits per heavy atom. The summed E-state index contributed by atoms with van der Waals surface area (Å²) in [5, 5.41) is 9.50. The molecule has 1 saturated heterocycles. The topological polar surface area (TPSA) is 36.3 Å². The summed E-state index contributed by atoms with van der Waals surface area (Å²) in [5.41, 5.74) is 0.356. The highest BCUT2D eigenvalue weighted by Gasteiger charge is 2.39. The molecule has 3 nitrogen and oxygen atoms in total. The number of hydrogen-bond acceptors (Lipinski definition) is 3. The molecule has 0 aromatic carbocycles. The van der Waals surface area contributed by atoms with E-state index in [9.17, 15) is 5.26 Å². The van der Waals surface area contributed by atoms with Crippen LogP contribution in [0.25, 0.3) is 0 Å². The Morgan fingerprint density at radius 1 is 1.30 bits per heavy atom. The Bertz CT molecular complexity index is 355. The molecule has 0 aromatic rings. The second-order valence-electron chi connectivity index (χ2n) is 7.57. The molecule has 114 valence electrons. The van der Waals surface area contributed by atoms with Crippen molar-refractivity contribution in [1.82, 2.24) is 4.90 Å². The third-order valence-corrected chi connectivity index (χ3v) is 5.30. The molecule has 1 heterocycles. The number of ether oxygens (including phenoxy) is 1. The van der Waals surface area contributed by atoms with Crippen LogP contribution in [-0.2, 0) is 4.74 Å². The van der Waals surface area contributed by atoms with E-state index in [-0.39, 0.29) is 5.92 Å². The third-order valence-electron chi connectivity index (χ3n) is 5.30. The Kier molecular flexibility index (Phi) is 5.09. The van der Waals surface area contributed by atoms with Crippen molar-refractivity contribution >= 4 is 0 Å². The maximum atomic E-state index is 9.50. The number of rotatable bonds is 2. The van der Waals surface area contributed by atoms with Crippen molar-refractivity contribution < 1.29 is 4.74 Å². The molecular formula is C17H30N2O. The zero-order chi connectivity index (χ0) is 14.8. The van der Waals surface area contributed by atoms with E-state index in [1.807, 2.05) is 0 Å². The molecule has 1 aliphatic carbocycles. The maximum Gasteiger partial charge on any atom is 0.0700 e. The minimum absolute atomic E-state index is 0.212. The standard InChI is InChI=1S/C17H30N2O/c1-5-15-12-19(8-9-20-15)16-10-14(17(2,3)4)7-6-13(16)11-18/h13-16H,5-10,12H2,1-4H3. The number of nitriles is 1. The van der Waals surface area contributed by atoms with Gasteiger partial charge in [-0.1, -0.05) is 27.7 Å². The lowest BCUT2D eigenvalue weighted by Gasteiger charge is -2.46. The van der Waals surface area contributed by atoms with Gasteiger partial charge in [0.25, 0.3) is 0 Å². The third kappa shape index (κ3) is 3.54. The molecule has 3 heteroatoms. The molecule has 1 aliphatic heterocycles. The molecule has 0 bridgehead atoms. The van der Waals surface area contributed by atoms with E-state index < -0.39 is 0 Å². The fraction of sp³-hybridized carbons (Fsp3) is 0.941. The van der Waals surface area contributed by atoms with E-state index in [0.29, 0.717) is 17.6 Å². The van der Waals surface area contributed by atoms with E-state index >= 15 is 0 Å². The molecule has 0 spiro atoms. The largest absolute Gasteiger partial charge is 0.376 e. The zero-order valence-corrected chi connectivity index (χ0v) is 13.6. The Balaban J connectivity index is 2.07. The van der Waals surface area contributed by atoms with Crippen LogP contribution in [0.2, 0.25) is 0 Å². The first-order chi connectivity index (χ1) is 9.45. The van der Waals surface area contributed by atoms with Gasteiger partial charge in [-0.3, -0.25) is 4.90 Å². The van der Waals surface area contributed by atoms with Gasteiger partial charge in [-0.15, -0.1) is 0 Å². The first kappa shape index (κ1) is 15.8. The summed E-state index contributed by atoms with van der Waals surface area (Å²) in [6.07, 6.45) is 4.89. The second kappa shape index (κ2) is 6.45. The van der Waals surface area contributed by atoms with Gasteiger partial charge in [0.15, 0.2) is 0 Å². The van der Waals surface area contributed by atoms with Crippen LogP contribution in [0, 0.1) is 28.6 Å². The summed E-state index contributed by atoms with van der Waals surface area (Å²) in [6, 6.07) is 3.01. The van der Waals surface area contributed by atoms with Crippen molar-refractivity contribution in [1.29, 1.82) is 5.26 Å². The van der Waals surface area contributed by atoms with Crippen LogP contribution in [0.15, 0.2) is 0 Å². The lowest BCUT2D eigenvalue weighted by molar-refractivity contribution is -0.0627. The molecule has 4 atom stereocenters. The molecule has 4 unspecified atom stereocenters. The van der Waals surface area contributed by atoms with Gasteiger partial charge in [0.05, 0.1) is 24.7 Å². The molecule has 0 amide bonds. The van der Waals surface area contributed by atoms with E-state index in [1.165, 1.54) is 12.8 Å². The first-order valence-corrected chi connectivity index (χ1v) is 8.21. The fourth-order valence-corrected chi connectivity index (χ4v) is 3.78. The van der Waals surface area contributed by atoms with E-state index in [2.05, 4.69) is 38.7 Å². The fourth-order valence-electron chi connectivity index (χ4n) is 3.78. The van der Waals surface area contributed by atoms with Crippen molar-refractivity contribution in [3.05, 3.63) is 0 Å². The van der Waals surface area contributed by atoms with Gasteiger partial charge < -0.3 is 4.74 Å². The molecule has 2 fully saturated rings. The lowest BCUT2D eigenvalue weighted by Crippen LogP contribution is -2.52. The van der Waals surface area contributed by atoms with Gasteiger partial charge in [0, 0.05) is 19.1 Å². The summed E-state index contributed by atoms with van der Waals surface area (Å²) in [7, 11) is 0. The summed E-state index contributed by atoms with van der Waals surface area (Å²) in [6.45, 7) is 12.1. The number of nitrogens with zero attached hydrogens (tertiary/aromatic N) is 2. The minimum atomic E-state index is 0.212. The quantitative estimate of drug-likeness (QED) is 0.776. The van der Waals surface area contributed by atoms with Gasteiger partial charge in [0.1, 0.15) is 0 Å². The summed E-state index contributed by atoms with van der Waals surface area (Å²) in [4.78, 5) is 2.55. The highest BCUT2D eigenvalue weighted by Crippen LogP contribution is 2.41. The monoisotopic (exact) mass is 278 g/mol. The smallest absolute Gasteiger partial charge is 0.0700 e. The predicted molar refractivity (Wildman–Crippen MR) is 81.3 cm³/mol. The van der Waals surface area contributed by atoms with Crippen molar-refractivity contribution in [2.24, 2.45) is 17.3 Å². The van der Waals surface area contributed by atoms with Gasteiger partial charge in [-0.05, 0) is 37.0 Å². The van der Waals surface area contributed by atoms with Crippen LogP contribution < -0.4 is 0 Å². The van der Waals surface area contributed by atoms with Gasteiger partial charge in [0.2, 0.25) is 0 Å². The van der Waals surface area contributed by atoms with Crippen LogP contribution in [-0.4, -0.2) is 36.7 Å². The summed E-state index contributed by atoms with van der Waals surface area (Å²) >= 11 is 0. The van der Waals surface area contributed by atoms with Crippen molar-refractivity contribution in [2.75, 3.05) is 19.7 Å². The molecule has 2 rings (SSSR count). The number of hydrogen-bond donors (Lipinski definition) is 0. The molecule has 2 aliphatic rings. The summed E-state index contributed by atoms with van der Waals surface area (Å²) < 4.78 is 5.79. The van der Waals surface area contributed by atoms with Crippen LogP contribution >= 0.6 is 0 Å². The van der Waals surface area contributed by atoms with Crippen LogP contribution in [0.3, 0.4) is 0 Å². The van der Waals surface area contributed by atoms with E-state index in [4.69, 9.17) is 4.74 Å². The normalized spacial score (nSPS) is 36.5. The Labute approximate surface area is 124 Å². The van der Waals surface area contributed by atoms with Crippen LogP contribution in [0.4, 0.5) is 0 Å². The van der Waals surface area contributed by atoms with Gasteiger partial charge in [-0.2, -0.15) is 5.26 Å². The highest BCUT2D eigenvalue weighted by molar-refractivity contribution is 5.00. The molecule has 0 N–H and O–H groups in total. The minimum Gasteiger partial charge on any atom is -0.376 e. The highest BCUT2D eigenvalue weighted by atomic mass is 16.5. The molecule has 20 heavy (non-hydrogen) atoms. The Morgan fingerprint density at radius 2 is 2.05 bits per heavy atom.